The number of nitrogens with zero attached hydrogens (tertiary/aromatic N) is 1. The maximum absolute atomic E-state index is 11.1. The highest BCUT2D eigenvalue weighted by molar-refractivity contribution is 7.90. The second-order valence-corrected chi connectivity index (χ2v) is 4.59. The van der Waals surface area contributed by atoms with Gasteiger partial charge in [-0.2, -0.15) is 0 Å². The van der Waals surface area contributed by atoms with Crippen LogP contribution in [0.1, 0.15) is 0 Å². The Labute approximate surface area is 81.3 Å². The third-order valence-corrected chi connectivity index (χ3v) is 2.44. The second-order valence-electron chi connectivity index (χ2n) is 2.57. The molecule has 0 saturated heterocycles. The molecule has 1 heterocycles. The maximum Gasteiger partial charge on any atom is 0.707 e. The molecule has 14 heavy (non-hydrogen) atoms. The summed E-state index contributed by atoms with van der Waals surface area (Å²) in [5.41, 5.74) is 0. The Morgan fingerprint density at radius 1 is 1.43 bits per heavy atom. The van der Waals surface area contributed by atoms with Gasteiger partial charge in [-0.15, -0.1) is 0 Å². The molecule has 0 fully saturated rings. The van der Waals surface area contributed by atoms with Gasteiger partial charge in [0, 0.05) is 18.5 Å². The van der Waals surface area contributed by atoms with Gasteiger partial charge in [0.2, 0.25) is 0 Å². The second kappa shape index (κ2) is 3.95. The van der Waals surface area contributed by atoms with Crippen LogP contribution in [0.2, 0.25) is 0 Å². The normalized spacial score (nSPS) is 11.1. The van der Waals surface area contributed by atoms with Gasteiger partial charge in [0.05, 0.1) is 11.1 Å². The number of pyridine rings is 1. The Hall–Kier alpha value is -1.12. The molecule has 0 unspecified atom stereocenters. The number of hydrogen-bond donors (Lipinski definition) is 2. The van der Waals surface area contributed by atoms with E-state index >= 15 is 0 Å². The lowest BCUT2D eigenvalue weighted by Crippen LogP contribution is -2.20. The lowest BCUT2D eigenvalue weighted by Gasteiger charge is -2.04. The fourth-order valence-corrected chi connectivity index (χ4v) is 1.37. The molecule has 6 nitrogen and oxygen atoms in total. The van der Waals surface area contributed by atoms with Crippen LogP contribution < -0.4 is 4.65 Å². The highest BCUT2D eigenvalue weighted by atomic mass is 32.2. The third kappa shape index (κ3) is 2.98. The number of hydrogen-bond acceptors (Lipinski definition) is 6. The summed E-state index contributed by atoms with van der Waals surface area (Å²) in [5.74, 6) is -0.0251. The Morgan fingerprint density at radius 3 is 2.57 bits per heavy atom. The zero-order chi connectivity index (χ0) is 10.8. The first kappa shape index (κ1) is 11.0. The molecule has 0 aromatic carbocycles. The molecular weight excluding hydrogens is 209 g/mol. The van der Waals surface area contributed by atoms with Crippen LogP contribution in [0.25, 0.3) is 0 Å². The van der Waals surface area contributed by atoms with E-state index < -0.39 is 17.2 Å². The van der Waals surface area contributed by atoms with Crippen molar-refractivity contribution in [2.24, 2.45) is 0 Å². The van der Waals surface area contributed by atoms with Gasteiger partial charge in [-0.1, -0.05) is 0 Å². The molecule has 1 aromatic heterocycles. The number of rotatable bonds is 3. The molecule has 0 radical (unpaired) electrons. The van der Waals surface area contributed by atoms with Gasteiger partial charge in [0.25, 0.3) is 0 Å². The van der Waals surface area contributed by atoms with E-state index in [1.165, 1.54) is 6.20 Å². The van der Waals surface area contributed by atoms with Crippen LogP contribution in [0.4, 0.5) is 0 Å². The molecule has 0 bridgehead atoms. The first-order chi connectivity index (χ1) is 6.39. The lowest BCUT2D eigenvalue weighted by molar-refractivity contribution is 0.287. The van der Waals surface area contributed by atoms with Gasteiger partial charge >= 0.3 is 7.32 Å². The van der Waals surface area contributed by atoms with Crippen LogP contribution in [0, 0.1) is 0 Å². The number of sulfone groups is 1. The first-order valence-corrected chi connectivity index (χ1v) is 5.46. The van der Waals surface area contributed by atoms with Crippen molar-refractivity contribution in [1.29, 1.82) is 0 Å². The van der Waals surface area contributed by atoms with Crippen molar-refractivity contribution >= 4 is 17.2 Å². The summed E-state index contributed by atoms with van der Waals surface area (Å²) >= 11 is 0. The maximum atomic E-state index is 11.1. The van der Waals surface area contributed by atoms with Crippen molar-refractivity contribution in [2.45, 2.75) is 4.90 Å². The summed E-state index contributed by atoms with van der Waals surface area (Å²) in [4.78, 5) is 3.53. The van der Waals surface area contributed by atoms with Crippen molar-refractivity contribution in [3.63, 3.8) is 0 Å². The minimum Gasteiger partial charge on any atom is -0.511 e. The average Bonchev–Trinajstić information content (AvgIpc) is 2.01. The van der Waals surface area contributed by atoms with Crippen LogP contribution in [0.15, 0.2) is 23.4 Å². The number of aromatic nitrogens is 1. The minimum atomic E-state index is -3.37. The Bertz CT molecular complexity index is 418. The highest BCUT2D eigenvalue weighted by Crippen LogP contribution is 2.15. The van der Waals surface area contributed by atoms with Crippen molar-refractivity contribution in [1.82, 2.24) is 4.98 Å². The topological polar surface area (TPSA) is 96.7 Å². The van der Waals surface area contributed by atoms with Gasteiger partial charge in [0.15, 0.2) is 9.84 Å². The van der Waals surface area contributed by atoms with Gasteiger partial charge < -0.3 is 14.7 Å². The van der Waals surface area contributed by atoms with E-state index in [1.54, 1.807) is 0 Å². The van der Waals surface area contributed by atoms with Crippen molar-refractivity contribution in [3.8, 4) is 5.75 Å². The largest absolute Gasteiger partial charge is 0.707 e. The van der Waals surface area contributed by atoms with E-state index in [1.807, 2.05) is 0 Å². The molecule has 2 N–H and O–H groups in total. The molecule has 0 aliphatic rings. The molecule has 1 rings (SSSR count). The van der Waals surface area contributed by atoms with Gasteiger partial charge in [-0.3, -0.25) is 4.98 Å². The van der Waals surface area contributed by atoms with Crippen LogP contribution in [0.3, 0.4) is 0 Å². The standard InChI is InChI=1S/C6H8BNO5S/c1-14(11,12)6-2-5(3-8-4-6)13-7(9)10/h2-4,9-10H,1H3. The summed E-state index contributed by atoms with van der Waals surface area (Å²) in [6.07, 6.45) is 3.34. The minimum absolute atomic E-state index is 0.0251. The Kier molecular flexibility index (Phi) is 3.09. The predicted molar refractivity (Wildman–Crippen MR) is 48.2 cm³/mol. The zero-order valence-electron chi connectivity index (χ0n) is 7.28. The van der Waals surface area contributed by atoms with E-state index in [9.17, 15) is 8.42 Å². The fourth-order valence-electron chi connectivity index (χ4n) is 0.788. The highest BCUT2D eigenvalue weighted by Gasteiger charge is 2.14. The molecule has 1 aromatic rings. The molecule has 0 saturated carbocycles. The van der Waals surface area contributed by atoms with Crippen LogP contribution in [0.5, 0.6) is 5.75 Å². The fraction of sp³-hybridized carbons (Fsp3) is 0.167. The third-order valence-electron chi connectivity index (χ3n) is 1.36. The van der Waals surface area contributed by atoms with E-state index in [0.717, 1.165) is 18.5 Å². The molecule has 0 spiro atoms. The van der Waals surface area contributed by atoms with Gasteiger partial charge in [-0.05, 0) is 0 Å². The summed E-state index contributed by atoms with van der Waals surface area (Å²) in [6.45, 7) is 0. The molecule has 0 aliphatic carbocycles. The molecule has 8 heteroatoms. The van der Waals surface area contributed by atoms with Gasteiger partial charge in [0.1, 0.15) is 5.75 Å². The molecular formula is C6H8BNO5S. The van der Waals surface area contributed by atoms with Crippen molar-refractivity contribution in [3.05, 3.63) is 18.5 Å². The molecule has 0 aliphatic heterocycles. The van der Waals surface area contributed by atoms with E-state index in [0.29, 0.717) is 0 Å². The quantitative estimate of drug-likeness (QED) is 0.619. The summed E-state index contributed by atoms with van der Waals surface area (Å²) in [5, 5.41) is 16.9. The summed E-state index contributed by atoms with van der Waals surface area (Å²) in [7, 11) is -5.36. The van der Waals surface area contributed by atoms with E-state index in [-0.39, 0.29) is 10.6 Å². The molecule has 0 amide bonds. The van der Waals surface area contributed by atoms with Gasteiger partial charge in [-0.25, -0.2) is 8.42 Å². The smallest absolute Gasteiger partial charge is 0.511 e. The first-order valence-electron chi connectivity index (χ1n) is 3.57. The average molecular weight is 217 g/mol. The monoisotopic (exact) mass is 217 g/mol. The van der Waals surface area contributed by atoms with Crippen LogP contribution >= 0.6 is 0 Å². The SMILES string of the molecule is CS(=O)(=O)c1cncc(OB(O)O)c1. The summed E-state index contributed by atoms with van der Waals surface area (Å²) < 4.78 is 26.5. The van der Waals surface area contributed by atoms with Crippen LogP contribution in [-0.4, -0.2) is 37.0 Å². The molecule has 0 atom stereocenters. The Balaban J connectivity index is 3.02. The van der Waals surface area contributed by atoms with E-state index in [2.05, 4.69) is 9.64 Å². The van der Waals surface area contributed by atoms with Crippen molar-refractivity contribution in [2.75, 3.05) is 6.26 Å². The lowest BCUT2D eigenvalue weighted by atomic mass is 10.2. The zero-order valence-corrected chi connectivity index (χ0v) is 8.10. The summed E-state index contributed by atoms with van der Waals surface area (Å²) in [6, 6.07) is 1.15. The predicted octanol–water partition coefficient (Wildman–Crippen LogP) is -1.17. The van der Waals surface area contributed by atoms with Crippen molar-refractivity contribution < 1.29 is 23.1 Å². The molecule has 76 valence electrons. The van der Waals surface area contributed by atoms with E-state index in [4.69, 9.17) is 10.0 Å². The Morgan fingerprint density at radius 2 is 2.07 bits per heavy atom. The van der Waals surface area contributed by atoms with Crippen LogP contribution in [-0.2, 0) is 9.84 Å².